The van der Waals surface area contributed by atoms with E-state index in [0.29, 0.717) is 23.1 Å². The highest BCUT2D eigenvalue weighted by atomic mass is 32.1. The highest BCUT2D eigenvalue weighted by Crippen LogP contribution is 2.51. The van der Waals surface area contributed by atoms with Gasteiger partial charge in [0.25, 0.3) is 0 Å². The van der Waals surface area contributed by atoms with E-state index in [0.717, 1.165) is 30.0 Å². The molecule has 1 heterocycles. The zero-order valence-corrected chi connectivity index (χ0v) is 12.4. The summed E-state index contributed by atoms with van der Waals surface area (Å²) in [6.07, 6.45) is 2.29. The number of anilines is 2. The molecule has 0 radical (unpaired) electrons. The lowest BCUT2D eigenvalue weighted by Gasteiger charge is -2.18. The van der Waals surface area contributed by atoms with E-state index in [1.54, 1.807) is 7.11 Å². The summed E-state index contributed by atoms with van der Waals surface area (Å²) in [7, 11) is 5.06. The van der Waals surface area contributed by atoms with Gasteiger partial charge in [0.15, 0.2) is 0 Å². The smallest absolute Gasteiger partial charge is 0.350 e. The van der Waals surface area contributed by atoms with E-state index in [9.17, 15) is 4.79 Å². The molecule has 0 aromatic carbocycles. The van der Waals surface area contributed by atoms with Crippen LogP contribution in [0.3, 0.4) is 0 Å². The van der Waals surface area contributed by atoms with Crippen LogP contribution in [-0.2, 0) is 9.47 Å². The number of ether oxygens (including phenoxy) is 2. The molecule has 1 aromatic heterocycles. The van der Waals surface area contributed by atoms with Crippen molar-refractivity contribution in [2.45, 2.75) is 18.8 Å². The maximum absolute atomic E-state index is 11.7. The van der Waals surface area contributed by atoms with Crippen LogP contribution in [0.25, 0.3) is 0 Å². The SMILES string of the molecule is COCCN(C)c1sc(C(=O)OC)c(N)c1C1CC1. The lowest BCUT2D eigenvalue weighted by molar-refractivity contribution is 0.0607. The van der Waals surface area contributed by atoms with Crippen LogP contribution in [-0.4, -0.2) is 40.4 Å². The van der Waals surface area contributed by atoms with Gasteiger partial charge in [-0.25, -0.2) is 4.79 Å². The molecule has 0 unspecified atom stereocenters. The van der Waals surface area contributed by atoms with E-state index in [-0.39, 0.29) is 5.97 Å². The summed E-state index contributed by atoms with van der Waals surface area (Å²) >= 11 is 1.42. The van der Waals surface area contributed by atoms with Gasteiger partial charge in [-0.05, 0) is 18.8 Å². The molecule has 0 bridgehead atoms. The first-order valence-corrected chi connectivity index (χ1v) is 7.12. The van der Waals surface area contributed by atoms with Crippen LogP contribution in [0, 0.1) is 0 Å². The zero-order valence-electron chi connectivity index (χ0n) is 11.6. The predicted molar refractivity (Wildman–Crippen MR) is 77.2 cm³/mol. The summed E-state index contributed by atoms with van der Waals surface area (Å²) in [5.74, 6) is 0.144. The number of nitrogens with two attached hydrogens (primary N) is 1. The minimum Gasteiger partial charge on any atom is -0.465 e. The molecule has 6 heteroatoms. The Morgan fingerprint density at radius 1 is 1.47 bits per heavy atom. The standard InChI is InChI=1S/C13H20N2O3S/c1-15(6-7-17-2)12-9(8-4-5-8)10(14)11(19-12)13(16)18-3/h8H,4-7,14H2,1-3H3. The van der Waals surface area contributed by atoms with Crippen molar-refractivity contribution in [3.05, 3.63) is 10.4 Å². The van der Waals surface area contributed by atoms with Crippen molar-refractivity contribution in [2.24, 2.45) is 0 Å². The Morgan fingerprint density at radius 2 is 2.16 bits per heavy atom. The van der Waals surface area contributed by atoms with Gasteiger partial charge in [0.1, 0.15) is 4.88 Å². The first-order chi connectivity index (χ1) is 9.10. The molecule has 0 saturated heterocycles. The molecule has 1 aliphatic rings. The van der Waals surface area contributed by atoms with Crippen molar-refractivity contribution in [1.82, 2.24) is 0 Å². The predicted octanol–water partition coefficient (Wildman–Crippen LogP) is 2.08. The van der Waals surface area contributed by atoms with Crippen LogP contribution in [0.4, 0.5) is 10.7 Å². The maximum atomic E-state index is 11.7. The van der Waals surface area contributed by atoms with Crippen molar-refractivity contribution in [3.8, 4) is 0 Å². The van der Waals surface area contributed by atoms with Crippen molar-refractivity contribution < 1.29 is 14.3 Å². The van der Waals surface area contributed by atoms with Crippen molar-refractivity contribution in [3.63, 3.8) is 0 Å². The monoisotopic (exact) mass is 284 g/mol. The van der Waals surface area contributed by atoms with Crippen molar-refractivity contribution in [1.29, 1.82) is 0 Å². The summed E-state index contributed by atoms with van der Waals surface area (Å²) in [5.41, 5.74) is 7.85. The van der Waals surface area contributed by atoms with Crippen LogP contribution in [0.2, 0.25) is 0 Å². The van der Waals surface area contributed by atoms with Crippen LogP contribution >= 0.6 is 11.3 Å². The average molecular weight is 284 g/mol. The average Bonchev–Trinajstić information content (AvgIpc) is 3.18. The third-order valence-electron chi connectivity index (χ3n) is 3.30. The number of nitrogens with zero attached hydrogens (tertiary/aromatic N) is 1. The highest BCUT2D eigenvalue weighted by Gasteiger charge is 2.34. The molecule has 1 aliphatic carbocycles. The number of methoxy groups -OCH3 is 2. The number of hydrogen-bond donors (Lipinski definition) is 1. The molecule has 1 saturated carbocycles. The zero-order chi connectivity index (χ0) is 14.0. The Hall–Kier alpha value is -1.27. The summed E-state index contributed by atoms with van der Waals surface area (Å²) in [4.78, 5) is 14.4. The van der Waals surface area contributed by atoms with Crippen molar-refractivity contribution in [2.75, 3.05) is 45.1 Å². The fraction of sp³-hybridized carbons (Fsp3) is 0.615. The molecule has 0 atom stereocenters. The largest absolute Gasteiger partial charge is 0.465 e. The topological polar surface area (TPSA) is 64.8 Å². The molecule has 0 aliphatic heterocycles. The normalized spacial score (nSPS) is 14.5. The lowest BCUT2D eigenvalue weighted by Crippen LogP contribution is -2.22. The molecule has 1 fully saturated rings. The number of carbonyl (C=O) groups is 1. The minimum atomic E-state index is -0.351. The summed E-state index contributed by atoms with van der Waals surface area (Å²) in [6.45, 7) is 1.42. The maximum Gasteiger partial charge on any atom is 0.350 e. The van der Waals surface area contributed by atoms with Gasteiger partial charge in [-0.15, -0.1) is 11.3 Å². The van der Waals surface area contributed by atoms with Gasteiger partial charge in [-0.1, -0.05) is 0 Å². The fourth-order valence-electron chi connectivity index (χ4n) is 2.07. The molecule has 0 amide bonds. The Bertz CT molecular complexity index is 469. The van der Waals surface area contributed by atoms with E-state index in [4.69, 9.17) is 15.2 Å². The van der Waals surface area contributed by atoms with Gasteiger partial charge < -0.3 is 20.1 Å². The third-order valence-corrected chi connectivity index (χ3v) is 4.61. The second-order valence-electron chi connectivity index (χ2n) is 4.74. The van der Waals surface area contributed by atoms with Crippen LogP contribution in [0.15, 0.2) is 0 Å². The van der Waals surface area contributed by atoms with Crippen LogP contribution < -0.4 is 10.6 Å². The second-order valence-corrected chi connectivity index (χ2v) is 5.74. The first-order valence-electron chi connectivity index (χ1n) is 6.30. The van der Waals surface area contributed by atoms with Gasteiger partial charge in [0.2, 0.25) is 0 Å². The number of carbonyl (C=O) groups excluding carboxylic acids is 1. The van der Waals surface area contributed by atoms with Gasteiger partial charge >= 0.3 is 5.97 Å². The Kier molecular flexibility index (Phi) is 4.31. The number of hydrogen-bond acceptors (Lipinski definition) is 6. The van der Waals surface area contributed by atoms with E-state index in [1.165, 1.54) is 18.4 Å². The molecule has 5 nitrogen and oxygen atoms in total. The summed E-state index contributed by atoms with van der Waals surface area (Å²) in [6, 6.07) is 0. The van der Waals surface area contributed by atoms with E-state index >= 15 is 0 Å². The minimum absolute atomic E-state index is 0.351. The molecule has 2 N–H and O–H groups in total. The number of rotatable bonds is 6. The van der Waals surface area contributed by atoms with Gasteiger partial charge in [0.05, 0.1) is 24.4 Å². The lowest BCUT2D eigenvalue weighted by atomic mass is 10.1. The second kappa shape index (κ2) is 5.79. The molecule has 1 aromatic rings. The van der Waals surface area contributed by atoms with E-state index in [1.807, 2.05) is 7.05 Å². The van der Waals surface area contributed by atoms with Crippen LogP contribution in [0.5, 0.6) is 0 Å². The summed E-state index contributed by atoms with van der Waals surface area (Å²) in [5, 5.41) is 1.07. The van der Waals surface area contributed by atoms with Gasteiger partial charge in [0, 0.05) is 26.3 Å². The van der Waals surface area contributed by atoms with Gasteiger partial charge in [-0.3, -0.25) is 0 Å². The molecule has 0 spiro atoms. The fourth-order valence-corrected chi connectivity index (χ4v) is 3.28. The van der Waals surface area contributed by atoms with Gasteiger partial charge in [-0.2, -0.15) is 0 Å². The first kappa shape index (κ1) is 14.1. The highest BCUT2D eigenvalue weighted by molar-refractivity contribution is 7.18. The van der Waals surface area contributed by atoms with Crippen LogP contribution in [0.1, 0.15) is 34.0 Å². The number of nitrogen functional groups attached to an aromatic ring is 1. The quantitative estimate of drug-likeness (QED) is 0.810. The Balaban J connectivity index is 2.33. The number of thiophene rings is 1. The Labute approximate surface area is 117 Å². The summed E-state index contributed by atoms with van der Waals surface area (Å²) < 4.78 is 9.89. The van der Waals surface area contributed by atoms with E-state index < -0.39 is 0 Å². The molecule has 106 valence electrons. The molecule has 2 rings (SSSR count). The molecular formula is C13H20N2O3S. The number of likely N-dealkylation sites (N-methyl/N-ethyl adjacent to an activating group) is 1. The molecular weight excluding hydrogens is 264 g/mol. The van der Waals surface area contributed by atoms with E-state index in [2.05, 4.69) is 4.90 Å². The molecule has 19 heavy (non-hydrogen) atoms. The number of esters is 1. The third kappa shape index (κ3) is 2.84. The Morgan fingerprint density at radius 3 is 2.68 bits per heavy atom. The van der Waals surface area contributed by atoms with Crippen molar-refractivity contribution >= 4 is 28.0 Å².